The minimum atomic E-state index is -0.619. The summed E-state index contributed by atoms with van der Waals surface area (Å²) in [6, 6.07) is 7.18. The molecule has 2 fully saturated rings. The van der Waals surface area contributed by atoms with Crippen LogP contribution < -0.4 is 5.73 Å². The van der Waals surface area contributed by atoms with E-state index in [1.807, 2.05) is 41.0 Å². The number of carbonyl (C=O) groups excluding carboxylic acids is 2. The van der Waals surface area contributed by atoms with E-state index < -0.39 is 6.04 Å². The predicted octanol–water partition coefficient (Wildman–Crippen LogP) is 2.49. The van der Waals surface area contributed by atoms with E-state index in [2.05, 4.69) is 6.92 Å². The van der Waals surface area contributed by atoms with Crippen molar-refractivity contribution in [2.24, 2.45) is 17.6 Å². The van der Waals surface area contributed by atoms with Crippen LogP contribution in [0.15, 0.2) is 24.3 Å². The Balaban J connectivity index is 1.52. The number of nitrogens with zero attached hydrogens (tertiary/aromatic N) is 2. The van der Waals surface area contributed by atoms with Crippen LogP contribution in [0.4, 0.5) is 0 Å². The molecule has 2 N–H and O–H groups in total. The fourth-order valence-corrected chi connectivity index (χ4v) is 3.95. The lowest BCUT2D eigenvalue weighted by atomic mass is 9.92. The highest BCUT2D eigenvalue weighted by Crippen LogP contribution is 2.25. The zero-order chi connectivity index (χ0) is 18.7. The summed E-state index contributed by atoms with van der Waals surface area (Å²) in [4.78, 5) is 29.3. The van der Waals surface area contributed by atoms with E-state index in [0.717, 1.165) is 55.8 Å². The summed E-state index contributed by atoms with van der Waals surface area (Å²) < 4.78 is 0. The van der Waals surface area contributed by atoms with Gasteiger partial charge < -0.3 is 15.5 Å². The zero-order valence-electron chi connectivity index (χ0n) is 16.0. The fourth-order valence-electron chi connectivity index (χ4n) is 3.95. The number of nitrogens with two attached hydrogens (primary N) is 1. The Hall–Kier alpha value is -1.88. The number of benzene rings is 1. The third-order valence-electron chi connectivity index (χ3n) is 5.95. The van der Waals surface area contributed by atoms with Crippen molar-refractivity contribution in [2.75, 3.05) is 26.2 Å². The molecule has 26 heavy (non-hydrogen) atoms. The van der Waals surface area contributed by atoms with Crippen LogP contribution in [0, 0.1) is 18.8 Å². The number of amides is 2. The number of hydrogen-bond acceptors (Lipinski definition) is 3. The van der Waals surface area contributed by atoms with Crippen molar-refractivity contribution in [3.8, 4) is 0 Å². The van der Waals surface area contributed by atoms with Crippen LogP contribution in [-0.2, 0) is 9.59 Å². The average molecular weight is 357 g/mol. The molecule has 0 bridgehead atoms. The number of rotatable bonds is 3. The summed E-state index contributed by atoms with van der Waals surface area (Å²) in [5.74, 6) is 1.03. The van der Waals surface area contributed by atoms with Crippen molar-refractivity contribution in [1.29, 1.82) is 0 Å². The molecule has 0 aliphatic carbocycles. The number of carbonyl (C=O) groups is 2. The van der Waals surface area contributed by atoms with Gasteiger partial charge in [0.1, 0.15) is 6.04 Å². The largest absolute Gasteiger partial charge is 0.342 e. The maximum Gasteiger partial charge on any atom is 0.244 e. The second-order valence-corrected chi connectivity index (χ2v) is 8.00. The lowest BCUT2D eigenvalue weighted by Crippen LogP contribution is -2.48. The maximum absolute atomic E-state index is 12.7. The van der Waals surface area contributed by atoms with Gasteiger partial charge in [0, 0.05) is 32.1 Å². The Kier molecular flexibility index (Phi) is 5.97. The van der Waals surface area contributed by atoms with Crippen molar-refractivity contribution in [3.05, 3.63) is 35.4 Å². The molecule has 5 nitrogen and oxygen atoms in total. The minimum Gasteiger partial charge on any atom is -0.342 e. The van der Waals surface area contributed by atoms with E-state index in [1.54, 1.807) is 0 Å². The van der Waals surface area contributed by atoms with E-state index in [-0.39, 0.29) is 17.7 Å². The molecule has 1 atom stereocenters. The van der Waals surface area contributed by atoms with E-state index in [0.29, 0.717) is 13.1 Å². The fraction of sp³-hybridized carbons (Fsp3) is 0.619. The van der Waals surface area contributed by atoms with Gasteiger partial charge in [-0.1, -0.05) is 36.8 Å². The second kappa shape index (κ2) is 8.21. The lowest BCUT2D eigenvalue weighted by molar-refractivity contribution is -0.142. The zero-order valence-corrected chi connectivity index (χ0v) is 16.0. The molecule has 0 aromatic heterocycles. The molecule has 5 heteroatoms. The molecule has 2 saturated heterocycles. The first kappa shape index (κ1) is 18.9. The smallest absolute Gasteiger partial charge is 0.244 e. The Morgan fingerprint density at radius 1 is 0.962 bits per heavy atom. The first-order chi connectivity index (χ1) is 12.5. The average Bonchev–Trinajstić information content (AvgIpc) is 2.67. The quantitative estimate of drug-likeness (QED) is 0.904. The second-order valence-electron chi connectivity index (χ2n) is 8.00. The van der Waals surface area contributed by atoms with Gasteiger partial charge in [-0.3, -0.25) is 9.59 Å². The summed E-state index contributed by atoms with van der Waals surface area (Å²) in [6.07, 6.45) is 3.71. The molecule has 2 aliphatic rings. The number of piperidine rings is 2. The van der Waals surface area contributed by atoms with Crippen molar-refractivity contribution in [2.45, 2.75) is 45.6 Å². The van der Waals surface area contributed by atoms with E-state index in [9.17, 15) is 9.59 Å². The molecule has 2 amide bonds. The monoisotopic (exact) mass is 357 g/mol. The molecule has 3 rings (SSSR count). The van der Waals surface area contributed by atoms with Gasteiger partial charge >= 0.3 is 0 Å². The van der Waals surface area contributed by atoms with Crippen LogP contribution >= 0.6 is 0 Å². The Bertz CT molecular complexity index is 627. The summed E-state index contributed by atoms with van der Waals surface area (Å²) in [6.45, 7) is 7.29. The third kappa shape index (κ3) is 4.26. The van der Waals surface area contributed by atoms with Gasteiger partial charge in [-0.15, -0.1) is 0 Å². The Labute approximate surface area is 156 Å². The molecule has 1 aromatic rings. The lowest BCUT2D eigenvalue weighted by Gasteiger charge is -2.37. The molecule has 2 heterocycles. The minimum absolute atomic E-state index is 0.0356. The van der Waals surface area contributed by atoms with Gasteiger partial charge in [0.15, 0.2) is 0 Å². The SMILES string of the molecule is Cc1ccc(C(N)C(=O)N2CCC(C(=O)N3CCC(C)CC3)CC2)cc1. The van der Waals surface area contributed by atoms with Gasteiger partial charge in [0.2, 0.25) is 11.8 Å². The van der Waals surface area contributed by atoms with Crippen LogP contribution in [0.25, 0.3) is 0 Å². The third-order valence-corrected chi connectivity index (χ3v) is 5.95. The van der Waals surface area contributed by atoms with Gasteiger partial charge in [-0.25, -0.2) is 0 Å². The van der Waals surface area contributed by atoms with Crippen molar-refractivity contribution in [3.63, 3.8) is 0 Å². The molecule has 0 radical (unpaired) electrons. The van der Waals surface area contributed by atoms with Crippen molar-refractivity contribution in [1.82, 2.24) is 9.80 Å². The van der Waals surface area contributed by atoms with Crippen molar-refractivity contribution < 1.29 is 9.59 Å². The van der Waals surface area contributed by atoms with Crippen molar-refractivity contribution >= 4 is 11.8 Å². The van der Waals surface area contributed by atoms with E-state index in [1.165, 1.54) is 0 Å². The standard InChI is InChI=1S/C21H31N3O2/c1-15-3-5-17(6-4-15)19(22)21(26)24-13-9-18(10-14-24)20(25)23-11-7-16(2)8-12-23/h3-6,16,18-19H,7-14,22H2,1-2H3. The molecule has 0 saturated carbocycles. The van der Waals surface area contributed by atoms with E-state index in [4.69, 9.17) is 5.73 Å². The predicted molar refractivity (Wildman–Crippen MR) is 102 cm³/mol. The van der Waals surface area contributed by atoms with Gasteiger partial charge in [-0.2, -0.15) is 0 Å². The van der Waals surface area contributed by atoms with E-state index >= 15 is 0 Å². The van der Waals surface area contributed by atoms with Gasteiger partial charge in [0.25, 0.3) is 0 Å². The molecular weight excluding hydrogens is 326 g/mol. The molecule has 1 aromatic carbocycles. The van der Waals surface area contributed by atoms with Crippen LogP contribution in [0.1, 0.15) is 49.8 Å². The first-order valence-corrected chi connectivity index (χ1v) is 9.85. The molecule has 0 spiro atoms. The maximum atomic E-state index is 12.7. The summed E-state index contributed by atoms with van der Waals surface area (Å²) in [7, 11) is 0. The normalized spacial score (nSPS) is 20.9. The highest BCUT2D eigenvalue weighted by Gasteiger charge is 2.32. The molecular formula is C21H31N3O2. The molecule has 1 unspecified atom stereocenters. The van der Waals surface area contributed by atoms with Crippen LogP contribution in [-0.4, -0.2) is 47.8 Å². The number of aryl methyl sites for hydroxylation is 1. The van der Waals surface area contributed by atoms with Gasteiger partial charge in [-0.05, 0) is 44.1 Å². The Morgan fingerprint density at radius 2 is 1.50 bits per heavy atom. The molecule has 2 aliphatic heterocycles. The van der Waals surface area contributed by atoms with Crippen LogP contribution in [0.5, 0.6) is 0 Å². The topological polar surface area (TPSA) is 66.6 Å². The first-order valence-electron chi connectivity index (χ1n) is 9.85. The highest BCUT2D eigenvalue weighted by atomic mass is 16.2. The summed E-state index contributed by atoms with van der Waals surface area (Å²) in [5, 5.41) is 0. The molecule has 142 valence electrons. The Morgan fingerprint density at radius 3 is 2.08 bits per heavy atom. The van der Waals surface area contributed by atoms with Crippen LogP contribution in [0.3, 0.4) is 0 Å². The number of likely N-dealkylation sites (tertiary alicyclic amines) is 2. The number of hydrogen-bond donors (Lipinski definition) is 1. The highest BCUT2D eigenvalue weighted by molar-refractivity contribution is 5.84. The summed E-state index contributed by atoms with van der Waals surface area (Å²) in [5.41, 5.74) is 8.18. The summed E-state index contributed by atoms with van der Waals surface area (Å²) >= 11 is 0. The van der Waals surface area contributed by atoms with Gasteiger partial charge in [0.05, 0.1) is 0 Å². The van der Waals surface area contributed by atoms with Crippen LogP contribution in [0.2, 0.25) is 0 Å².